The van der Waals surface area contributed by atoms with Crippen LogP contribution in [0, 0.1) is 5.82 Å². The fourth-order valence-corrected chi connectivity index (χ4v) is 1.81. The number of para-hydroxylation sites is 1. The molecule has 0 aromatic heterocycles. The van der Waals surface area contributed by atoms with Crippen molar-refractivity contribution >= 4 is 11.8 Å². The molecule has 1 aliphatic heterocycles. The molecule has 19 heavy (non-hydrogen) atoms. The predicted molar refractivity (Wildman–Crippen MR) is 66.1 cm³/mol. The summed E-state index contributed by atoms with van der Waals surface area (Å²) in [4.78, 5) is 24.6. The summed E-state index contributed by atoms with van der Waals surface area (Å²) in [6.07, 6.45) is 0.283. The third-order valence-electron chi connectivity index (χ3n) is 2.85. The maximum absolute atomic E-state index is 13.3. The van der Waals surface area contributed by atoms with Crippen LogP contribution in [0.3, 0.4) is 0 Å². The largest absolute Gasteiger partial charge is 0.481 e. The van der Waals surface area contributed by atoms with E-state index in [2.05, 4.69) is 5.32 Å². The Labute approximate surface area is 110 Å². The molecular weight excluding hydrogens is 251 g/mol. The number of benzene rings is 1. The standard InChI is InChI=1S/C13H15FN2O3/c14-10-3-1-2-4-11(10)19-9-13(18)16-7-5-12(17)15-6-8-16/h1-4H,5-9H2,(H,15,17). The molecule has 2 amide bonds. The lowest BCUT2D eigenvalue weighted by Gasteiger charge is -2.19. The van der Waals surface area contributed by atoms with Crippen molar-refractivity contribution < 1.29 is 18.7 Å². The minimum absolute atomic E-state index is 0.0554. The molecule has 0 unspecified atom stereocenters. The van der Waals surface area contributed by atoms with Crippen LogP contribution < -0.4 is 10.1 Å². The highest BCUT2D eigenvalue weighted by Gasteiger charge is 2.19. The number of ether oxygens (including phenoxy) is 1. The lowest BCUT2D eigenvalue weighted by molar-refractivity contribution is -0.133. The number of rotatable bonds is 3. The van der Waals surface area contributed by atoms with Gasteiger partial charge in [-0.2, -0.15) is 0 Å². The number of nitrogens with one attached hydrogen (secondary N) is 1. The molecule has 1 aromatic carbocycles. The highest BCUT2D eigenvalue weighted by Crippen LogP contribution is 2.15. The van der Waals surface area contributed by atoms with Gasteiger partial charge in [-0.3, -0.25) is 9.59 Å². The van der Waals surface area contributed by atoms with Gasteiger partial charge in [-0.1, -0.05) is 12.1 Å². The summed E-state index contributed by atoms with van der Waals surface area (Å²) in [6, 6.07) is 5.93. The molecule has 1 heterocycles. The van der Waals surface area contributed by atoms with E-state index in [0.717, 1.165) is 0 Å². The summed E-state index contributed by atoms with van der Waals surface area (Å²) < 4.78 is 18.4. The molecule has 5 nitrogen and oxygen atoms in total. The zero-order valence-electron chi connectivity index (χ0n) is 10.4. The van der Waals surface area contributed by atoms with Gasteiger partial charge in [-0.25, -0.2) is 4.39 Å². The van der Waals surface area contributed by atoms with Gasteiger partial charge < -0.3 is 15.0 Å². The van der Waals surface area contributed by atoms with Crippen molar-refractivity contribution in [1.29, 1.82) is 0 Å². The van der Waals surface area contributed by atoms with Crippen LogP contribution in [0.25, 0.3) is 0 Å². The molecule has 0 saturated carbocycles. The first kappa shape index (κ1) is 13.3. The van der Waals surface area contributed by atoms with Crippen LogP contribution in [0.15, 0.2) is 24.3 Å². The average Bonchev–Trinajstić information content (AvgIpc) is 2.62. The van der Waals surface area contributed by atoms with Crippen LogP contribution in [0.4, 0.5) is 4.39 Å². The molecule has 1 saturated heterocycles. The molecule has 1 N–H and O–H groups in total. The second-order valence-electron chi connectivity index (χ2n) is 4.20. The van der Waals surface area contributed by atoms with Crippen LogP contribution in [-0.2, 0) is 9.59 Å². The fraction of sp³-hybridized carbons (Fsp3) is 0.385. The molecular formula is C13H15FN2O3. The van der Waals surface area contributed by atoms with Gasteiger partial charge in [0.1, 0.15) is 0 Å². The highest BCUT2D eigenvalue weighted by atomic mass is 19.1. The van der Waals surface area contributed by atoms with E-state index in [9.17, 15) is 14.0 Å². The number of halogens is 1. The van der Waals surface area contributed by atoms with Gasteiger partial charge in [0, 0.05) is 26.1 Å². The van der Waals surface area contributed by atoms with Gasteiger partial charge in [-0.05, 0) is 12.1 Å². The van der Waals surface area contributed by atoms with Crippen molar-refractivity contribution in [2.75, 3.05) is 26.2 Å². The Bertz CT molecular complexity index is 479. The molecule has 6 heteroatoms. The van der Waals surface area contributed by atoms with Crippen LogP contribution >= 0.6 is 0 Å². The summed E-state index contributed by atoms with van der Waals surface area (Å²) in [5.41, 5.74) is 0. The van der Waals surface area contributed by atoms with E-state index in [1.165, 1.54) is 12.1 Å². The first-order valence-electron chi connectivity index (χ1n) is 6.08. The number of hydrogen-bond donors (Lipinski definition) is 1. The van der Waals surface area contributed by atoms with E-state index < -0.39 is 5.82 Å². The number of amides is 2. The van der Waals surface area contributed by atoms with E-state index in [-0.39, 0.29) is 30.6 Å². The van der Waals surface area contributed by atoms with Crippen LogP contribution in [0.5, 0.6) is 5.75 Å². The van der Waals surface area contributed by atoms with Gasteiger partial charge in [0.2, 0.25) is 5.91 Å². The molecule has 1 fully saturated rings. The van der Waals surface area contributed by atoms with Crippen molar-refractivity contribution in [3.63, 3.8) is 0 Å². The maximum Gasteiger partial charge on any atom is 0.260 e. The van der Waals surface area contributed by atoms with Gasteiger partial charge in [0.15, 0.2) is 18.2 Å². The number of hydrogen-bond acceptors (Lipinski definition) is 3. The van der Waals surface area contributed by atoms with Crippen molar-refractivity contribution in [1.82, 2.24) is 10.2 Å². The summed E-state index contributed by atoms with van der Waals surface area (Å²) in [7, 11) is 0. The van der Waals surface area contributed by atoms with Crippen molar-refractivity contribution in [3.05, 3.63) is 30.1 Å². The summed E-state index contributed by atoms with van der Waals surface area (Å²) >= 11 is 0. The van der Waals surface area contributed by atoms with Crippen LogP contribution in [-0.4, -0.2) is 43.0 Å². The van der Waals surface area contributed by atoms with E-state index >= 15 is 0 Å². The van der Waals surface area contributed by atoms with E-state index in [0.29, 0.717) is 19.6 Å². The first-order valence-corrected chi connectivity index (χ1v) is 6.08. The summed E-state index contributed by atoms with van der Waals surface area (Å²) in [6.45, 7) is 1.02. The summed E-state index contributed by atoms with van der Waals surface area (Å²) in [5, 5.41) is 2.68. The molecule has 1 aliphatic rings. The van der Waals surface area contributed by atoms with E-state index in [4.69, 9.17) is 4.74 Å². The second kappa shape index (κ2) is 6.17. The normalized spacial score (nSPS) is 15.6. The van der Waals surface area contributed by atoms with Crippen LogP contribution in [0.1, 0.15) is 6.42 Å². The zero-order valence-corrected chi connectivity index (χ0v) is 10.4. The monoisotopic (exact) mass is 266 g/mol. The van der Waals surface area contributed by atoms with Crippen molar-refractivity contribution in [2.24, 2.45) is 0 Å². The minimum atomic E-state index is -0.497. The lowest BCUT2D eigenvalue weighted by Crippen LogP contribution is -2.37. The van der Waals surface area contributed by atoms with Crippen LogP contribution in [0.2, 0.25) is 0 Å². The Morgan fingerprint density at radius 2 is 2.16 bits per heavy atom. The highest BCUT2D eigenvalue weighted by molar-refractivity contribution is 5.80. The third-order valence-corrected chi connectivity index (χ3v) is 2.85. The van der Waals surface area contributed by atoms with E-state index in [1.807, 2.05) is 0 Å². The van der Waals surface area contributed by atoms with Gasteiger partial charge in [-0.15, -0.1) is 0 Å². The Balaban J connectivity index is 1.87. The third kappa shape index (κ3) is 3.67. The van der Waals surface area contributed by atoms with Crippen molar-refractivity contribution in [3.8, 4) is 5.75 Å². The zero-order chi connectivity index (χ0) is 13.7. The summed E-state index contributed by atoms with van der Waals surface area (Å²) in [5.74, 6) is -0.757. The maximum atomic E-state index is 13.3. The Morgan fingerprint density at radius 1 is 1.37 bits per heavy atom. The molecule has 0 bridgehead atoms. The SMILES string of the molecule is O=C1CCN(C(=O)COc2ccccc2F)CCN1. The molecule has 102 valence electrons. The Hall–Kier alpha value is -2.11. The Morgan fingerprint density at radius 3 is 2.95 bits per heavy atom. The molecule has 0 aliphatic carbocycles. The molecule has 2 rings (SSSR count). The smallest absolute Gasteiger partial charge is 0.260 e. The van der Waals surface area contributed by atoms with Gasteiger partial charge in [0.25, 0.3) is 5.91 Å². The minimum Gasteiger partial charge on any atom is -0.481 e. The lowest BCUT2D eigenvalue weighted by atomic mass is 10.3. The first-order chi connectivity index (χ1) is 9.16. The quantitative estimate of drug-likeness (QED) is 0.869. The van der Waals surface area contributed by atoms with Gasteiger partial charge in [0.05, 0.1) is 0 Å². The van der Waals surface area contributed by atoms with Crippen molar-refractivity contribution in [2.45, 2.75) is 6.42 Å². The number of carbonyl (C=O) groups excluding carboxylic acids is 2. The topological polar surface area (TPSA) is 58.6 Å². The predicted octanol–water partition coefficient (Wildman–Crippen LogP) is 0.553. The molecule has 0 spiro atoms. The molecule has 0 atom stereocenters. The fourth-order valence-electron chi connectivity index (χ4n) is 1.81. The number of nitrogens with zero attached hydrogens (tertiary/aromatic N) is 1. The molecule has 1 aromatic rings. The molecule has 0 radical (unpaired) electrons. The Kier molecular flexibility index (Phi) is 4.33. The van der Waals surface area contributed by atoms with E-state index in [1.54, 1.807) is 17.0 Å². The van der Waals surface area contributed by atoms with Gasteiger partial charge >= 0.3 is 0 Å². The average molecular weight is 266 g/mol. The second-order valence-corrected chi connectivity index (χ2v) is 4.20. The number of carbonyl (C=O) groups is 2.